The van der Waals surface area contributed by atoms with Crippen LogP contribution in [-0.2, 0) is 14.6 Å². The number of ether oxygens (including phenoxy) is 1. The first-order valence-corrected chi connectivity index (χ1v) is 11.6. The lowest BCUT2D eigenvalue weighted by Crippen LogP contribution is -2.44. The molecule has 0 aromatic heterocycles. The van der Waals surface area contributed by atoms with Gasteiger partial charge >= 0.3 is 0 Å². The Morgan fingerprint density at radius 2 is 1.75 bits per heavy atom. The smallest absolute Gasteiger partial charge is 0.260 e. The molecule has 2 aromatic rings. The van der Waals surface area contributed by atoms with Gasteiger partial charge in [0.1, 0.15) is 5.75 Å². The fourth-order valence-electron chi connectivity index (χ4n) is 3.46. The van der Waals surface area contributed by atoms with Gasteiger partial charge in [-0.05, 0) is 36.1 Å². The number of hydrogen-bond acceptors (Lipinski definition) is 4. The standard InChI is InChI=1S/C22H27NO4S/c1-2-3-14-23(20-13-15-28(25,26)17-20)22(24)16-27-21-11-9-19(10-12-21)18-7-5-4-6-8-18/h4-12,20H,2-3,13-17H2,1H3/t20-/m0/s1. The number of amides is 1. The molecular weight excluding hydrogens is 374 g/mol. The van der Waals surface area contributed by atoms with Crippen molar-refractivity contribution < 1.29 is 17.9 Å². The molecule has 1 aliphatic heterocycles. The van der Waals surface area contributed by atoms with E-state index in [9.17, 15) is 13.2 Å². The molecule has 0 unspecified atom stereocenters. The summed E-state index contributed by atoms with van der Waals surface area (Å²) in [6.07, 6.45) is 2.32. The molecule has 0 bridgehead atoms. The maximum Gasteiger partial charge on any atom is 0.260 e. The molecule has 6 heteroatoms. The highest BCUT2D eigenvalue weighted by Crippen LogP contribution is 2.23. The predicted molar refractivity (Wildman–Crippen MR) is 111 cm³/mol. The number of rotatable bonds is 8. The Balaban J connectivity index is 1.60. The minimum atomic E-state index is -3.03. The van der Waals surface area contributed by atoms with Gasteiger partial charge in [0.05, 0.1) is 11.5 Å². The van der Waals surface area contributed by atoms with Gasteiger partial charge in [0, 0.05) is 12.6 Å². The molecule has 5 nitrogen and oxygen atoms in total. The van der Waals surface area contributed by atoms with E-state index in [-0.39, 0.29) is 30.1 Å². The van der Waals surface area contributed by atoms with Crippen LogP contribution in [0.1, 0.15) is 26.2 Å². The first-order valence-electron chi connectivity index (χ1n) is 9.76. The summed E-state index contributed by atoms with van der Waals surface area (Å²) in [6.45, 7) is 2.55. The number of hydrogen-bond donors (Lipinski definition) is 0. The quantitative estimate of drug-likeness (QED) is 0.679. The fourth-order valence-corrected chi connectivity index (χ4v) is 5.19. The number of unbranched alkanes of at least 4 members (excludes halogenated alkanes) is 1. The van der Waals surface area contributed by atoms with Crippen LogP contribution in [0.25, 0.3) is 11.1 Å². The van der Waals surface area contributed by atoms with E-state index in [0.717, 1.165) is 24.0 Å². The summed E-state index contributed by atoms with van der Waals surface area (Å²) in [7, 11) is -3.03. The molecule has 1 aliphatic rings. The second-order valence-electron chi connectivity index (χ2n) is 7.18. The highest BCUT2D eigenvalue weighted by Gasteiger charge is 2.34. The molecule has 2 aromatic carbocycles. The van der Waals surface area contributed by atoms with E-state index < -0.39 is 9.84 Å². The summed E-state index contributed by atoms with van der Waals surface area (Å²) < 4.78 is 29.3. The molecule has 1 fully saturated rings. The van der Waals surface area contributed by atoms with Gasteiger partial charge in [0.15, 0.2) is 16.4 Å². The second-order valence-corrected chi connectivity index (χ2v) is 9.41. The highest BCUT2D eigenvalue weighted by molar-refractivity contribution is 7.91. The van der Waals surface area contributed by atoms with E-state index in [4.69, 9.17) is 4.74 Å². The van der Waals surface area contributed by atoms with Crippen molar-refractivity contribution >= 4 is 15.7 Å². The van der Waals surface area contributed by atoms with E-state index in [1.54, 1.807) is 4.90 Å². The van der Waals surface area contributed by atoms with Gasteiger partial charge in [0.2, 0.25) is 0 Å². The molecule has 1 amide bonds. The molecule has 28 heavy (non-hydrogen) atoms. The van der Waals surface area contributed by atoms with Crippen molar-refractivity contribution in [3.8, 4) is 16.9 Å². The number of carbonyl (C=O) groups is 1. The number of nitrogens with zero attached hydrogens (tertiary/aromatic N) is 1. The van der Waals surface area contributed by atoms with Gasteiger partial charge in [-0.25, -0.2) is 8.42 Å². The average molecular weight is 402 g/mol. The van der Waals surface area contributed by atoms with Crippen molar-refractivity contribution in [1.82, 2.24) is 4.90 Å². The van der Waals surface area contributed by atoms with Crippen LogP contribution in [0.5, 0.6) is 5.75 Å². The first-order chi connectivity index (χ1) is 13.5. The Bertz CT molecular complexity index is 879. The molecule has 150 valence electrons. The zero-order valence-electron chi connectivity index (χ0n) is 16.2. The van der Waals surface area contributed by atoms with Gasteiger partial charge in [-0.15, -0.1) is 0 Å². The van der Waals surface area contributed by atoms with Crippen molar-refractivity contribution in [3.63, 3.8) is 0 Å². The largest absolute Gasteiger partial charge is 0.484 e. The molecule has 1 heterocycles. The minimum absolute atomic E-state index is 0.0637. The molecule has 0 radical (unpaired) electrons. The molecular formula is C22H27NO4S. The van der Waals surface area contributed by atoms with E-state index in [1.807, 2.05) is 54.6 Å². The summed E-state index contributed by atoms with van der Waals surface area (Å²) in [5, 5.41) is 0. The van der Waals surface area contributed by atoms with Gasteiger partial charge in [-0.2, -0.15) is 0 Å². The summed E-state index contributed by atoms with van der Waals surface area (Å²) in [5.41, 5.74) is 2.21. The molecule has 0 saturated carbocycles. The summed E-state index contributed by atoms with van der Waals surface area (Å²) in [6, 6.07) is 17.5. The van der Waals surface area contributed by atoms with E-state index in [2.05, 4.69) is 6.92 Å². The summed E-state index contributed by atoms with van der Waals surface area (Å²) in [4.78, 5) is 14.4. The van der Waals surface area contributed by atoms with Gasteiger partial charge in [-0.3, -0.25) is 4.79 Å². The third-order valence-electron chi connectivity index (χ3n) is 5.05. The molecule has 1 atom stereocenters. The molecule has 0 N–H and O–H groups in total. The minimum Gasteiger partial charge on any atom is -0.484 e. The van der Waals surface area contributed by atoms with Crippen LogP contribution in [0, 0.1) is 0 Å². The Kier molecular flexibility index (Phi) is 6.73. The maximum atomic E-state index is 12.7. The van der Waals surface area contributed by atoms with Crippen LogP contribution in [0.4, 0.5) is 0 Å². The monoisotopic (exact) mass is 401 g/mol. The lowest BCUT2D eigenvalue weighted by molar-refractivity contribution is -0.135. The van der Waals surface area contributed by atoms with Crippen LogP contribution in [0.3, 0.4) is 0 Å². The van der Waals surface area contributed by atoms with Crippen LogP contribution < -0.4 is 4.74 Å². The predicted octanol–water partition coefficient (Wildman–Crippen LogP) is 3.55. The van der Waals surface area contributed by atoms with Crippen molar-refractivity contribution in [2.75, 3.05) is 24.7 Å². The Hall–Kier alpha value is -2.34. The highest BCUT2D eigenvalue weighted by atomic mass is 32.2. The number of carbonyl (C=O) groups excluding carboxylic acids is 1. The maximum absolute atomic E-state index is 12.7. The van der Waals surface area contributed by atoms with Crippen LogP contribution in [-0.4, -0.2) is 49.9 Å². The third-order valence-corrected chi connectivity index (χ3v) is 6.80. The van der Waals surface area contributed by atoms with Crippen LogP contribution in [0.15, 0.2) is 54.6 Å². The summed E-state index contributed by atoms with van der Waals surface area (Å²) in [5.74, 6) is 0.703. The molecule has 0 aliphatic carbocycles. The molecule has 1 saturated heterocycles. The van der Waals surface area contributed by atoms with Gasteiger partial charge < -0.3 is 9.64 Å². The lowest BCUT2D eigenvalue weighted by Gasteiger charge is -2.28. The van der Waals surface area contributed by atoms with Crippen molar-refractivity contribution in [2.45, 2.75) is 32.2 Å². The Morgan fingerprint density at radius 3 is 2.36 bits per heavy atom. The van der Waals surface area contributed by atoms with Crippen molar-refractivity contribution in [3.05, 3.63) is 54.6 Å². The topological polar surface area (TPSA) is 63.7 Å². The zero-order chi connectivity index (χ0) is 20.0. The van der Waals surface area contributed by atoms with Crippen molar-refractivity contribution in [1.29, 1.82) is 0 Å². The van der Waals surface area contributed by atoms with Crippen LogP contribution >= 0.6 is 0 Å². The SMILES string of the molecule is CCCCN(C(=O)COc1ccc(-c2ccccc2)cc1)[C@H]1CCS(=O)(=O)C1. The van der Waals surface area contributed by atoms with Crippen LogP contribution in [0.2, 0.25) is 0 Å². The average Bonchev–Trinajstić information content (AvgIpc) is 3.07. The van der Waals surface area contributed by atoms with E-state index in [0.29, 0.717) is 18.7 Å². The normalized spacial score (nSPS) is 18.0. The molecule has 3 rings (SSSR count). The second kappa shape index (κ2) is 9.24. The zero-order valence-corrected chi connectivity index (χ0v) is 17.0. The third kappa shape index (κ3) is 5.35. The van der Waals surface area contributed by atoms with Gasteiger partial charge in [-0.1, -0.05) is 55.8 Å². The Morgan fingerprint density at radius 1 is 1.07 bits per heavy atom. The lowest BCUT2D eigenvalue weighted by atomic mass is 10.1. The van der Waals surface area contributed by atoms with Gasteiger partial charge in [0.25, 0.3) is 5.91 Å². The Labute approximate surface area is 167 Å². The number of benzene rings is 2. The summed E-state index contributed by atoms with van der Waals surface area (Å²) >= 11 is 0. The van der Waals surface area contributed by atoms with E-state index in [1.165, 1.54) is 0 Å². The van der Waals surface area contributed by atoms with E-state index >= 15 is 0 Å². The van der Waals surface area contributed by atoms with Crippen molar-refractivity contribution in [2.24, 2.45) is 0 Å². The number of sulfone groups is 1. The fraction of sp³-hybridized carbons (Fsp3) is 0.409. The first kappa shape index (κ1) is 20.4. The molecule has 0 spiro atoms.